The van der Waals surface area contributed by atoms with Gasteiger partial charge in [0.25, 0.3) is 0 Å². The van der Waals surface area contributed by atoms with Gasteiger partial charge in [-0.25, -0.2) is 9.18 Å². The van der Waals surface area contributed by atoms with Gasteiger partial charge in [0.1, 0.15) is 0 Å². The molecule has 0 rings (SSSR count). The van der Waals surface area contributed by atoms with E-state index >= 15 is 0 Å². The van der Waals surface area contributed by atoms with Crippen molar-refractivity contribution in [1.82, 2.24) is 0 Å². The van der Waals surface area contributed by atoms with E-state index in [1.54, 1.807) is 0 Å². The van der Waals surface area contributed by atoms with Crippen molar-refractivity contribution in [1.29, 1.82) is 0 Å². The van der Waals surface area contributed by atoms with Gasteiger partial charge < -0.3 is 9.84 Å². The summed E-state index contributed by atoms with van der Waals surface area (Å²) in [5.74, 6) is -7.20. The molecule has 1 unspecified atom stereocenters. The lowest BCUT2D eigenvalue weighted by Crippen LogP contribution is -2.58. The number of halogens is 5. The Kier molecular flexibility index (Phi) is 4.04. The van der Waals surface area contributed by atoms with E-state index in [9.17, 15) is 26.7 Å². The molecule has 0 aromatic carbocycles. The van der Waals surface area contributed by atoms with Crippen LogP contribution in [0, 0.1) is 0 Å². The van der Waals surface area contributed by atoms with Gasteiger partial charge in [0, 0.05) is 6.08 Å². The van der Waals surface area contributed by atoms with Crippen molar-refractivity contribution in [3.63, 3.8) is 0 Å². The number of esters is 1. The minimum Gasteiger partial charge on any atom is -0.393 e. The lowest BCUT2D eigenvalue weighted by Gasteiger charge is -2.32. The van der Waals surface area contributed by atoms with Crippen molar-refractivity contribution in [3.05, 3.63) is 12.7 Å². The minimum atomic E-state index is -5.38. The molecular weight excluding hydrogens is 239 g/mol. The molecule has 3 nitrogen and oxygen atoms in total. The van der Waals surface area contributed by atoms with Crippen LogP contribution >= 0.6 is 0 Å². The highest BCUT2D eigenvalue weighted by molar-refractivity contribution is 5.81. The number of aliphatic hydroxyl groups excluding tert-OH is 1. The smallest absolute Gasteiger partial charge is 0.393 e. The Labute approximate surface area is 87.5 Å². The first-order valence-corrected chi connectivity index (χ1v) is 3.92. The van der Waals surface area contributed by atoms with Gasteiger partial charge in [0.2, 0.25) is 5.67 Å². The summed E-state index contributed by atoms with van der Waals surface area (Å²) in [5, 5.41) is 8.24. The van der Waals surface area contributed by atoms with Crippen LogP contribution < -0.4 is 0 Å². The van der Waals surface area contributed by atoms with Gasteiger partial charge in [-0.05, 0) is 6.92 Å². The van der Waals surface area contributed by atoms with Gasteiger partial charge >= 0.3 is 18.0 Å². The Morgan fingerprint density at radius 2 is 1.81 bits per heavy atom. The lowest BCUT2D eigenvalue weighted by atomic mass is 10.0. The van der Waals surface area contributed by atoms with Crippen LogP contribution in [0.15, 0.2) is 12.7 Å². The van der Waals surface area contributed by atoms with Gasteiger partial charge in [-0.1, -0.05) is 6.58 Å². The van der Waals surface area contributed by atoms with Crippen LogP contribution in [0.5, 0.6) is 0 Å². The molecule has 16 heavy (non-hydrogen) atoms. The second-order valence-corrected chi connectivity index (χ2v) is 3.07. The molecule has 0 aromatic heterocycles. The van der Waals surface area contributed by atoms with Crippen molar-refractivity contribution in [3.8, 4) is 0 Å². The van der Waals surface area contributed by atoms with Crippen LogP contribution in [0.25, 0.3) is 0 Å². The van der Waals surface area contributed by atoms with E-state index in [1.165, 1.54) is 0 Å². The predicted octanol–water partition coefficient (Wildman–Crippen LogP) is 1.66. The number of carbonyl (C=O) groups is 1. The van der Waals surface area contributed by atoms with Crippen molar-refractivity contribution < 1.29 is 36.6 Å². The summed E-state index contributed by atoms with van der Waals surface area (Å²) < 4.78 is 67.2. The van der Waals surface area contributed by atoms with E-state index in [1.807, 2.05) is 0 Å². The monoisotopic (exact) mass is 248 g/mol. The maximum absolute atomic E-state index is 13.0. The highest BCUT2D eigenvalue weighted by atomic mass is 19.3. The van der Waals surface area contributed by atoms with Crippen molar-refractivity contribution in [2.24, 2.45) is 0 Å². The molecule has 0 amide bonds. The Hall–Kier alpha value is -1.18. The summed E-state index contributed by atoms with van der Waals surface area (Å²) in [5.41, 5.74) is -3.93. The molecule has 1 atom stereocenters. The quantitative estimate of drug-likeness (QED) is 0.457. The maximum Gasteiger partial charge on any atom is 0.470 e. The van der Waals surface area contributed by atoms with Gasteiger partial charge in [-0.15, -0.1) is 0 Å². The van der Waals surface area contributed by atoms with Crippen LogP contribution in [0.1, 0.15) is 6.92 Å². The molecule has 0 saturated carbocycles. The average Bonchev–Trinajstić information content (AvgIpc) is 2.16. The van der Waals surface area contributed by atoms with E-state index in [-0.39, 0.29) is 13.0 Å². The zero-order valence-corrected chi connectivity index (χ0v) is 8.15. The highest BCUT2D eigenvalue weighted by Gasteiger charge is 2.70. The molecule has 0 bridgehead atoms. The molecule has 0 aromatic rings. The first-order chi connectivity index (χ1) is 7.02. The van der Waals surface area contributed by atoms with Crippen LogP contribution in [0.4, 0.5) is 22.0 Å². The molecule has 94 valence electrons. The molecule has 0 heterocycles. The van der Waals surface area contributed by atoms with E-state index in [0.717, 1.165) is 0 Å². The molecule has 1 N–H and O–H groups in total. The van der Waals surface area contributed by atoms with Gasteiger partial charge in [-0.3, -0.25) is 0 Å². The number of aliphatic hydroxyl groups is 1. The maximum atomic E-state index is 13.0. The molecular formula is C8H9F5O3. The van der Waals surface area contributed by atoms with Crippen molar-refractivity contribution in [2.75, 3.05) is 6.61 Å². The zero-order valence-electron chi connectivity index (χ0n) is 8.15. The first-order valence-electron chi connectivity index (χ1n) is 3.92. The third kappa shape index (κ3) is 2.49. The minimum absolute atomic E-state index is 0.0582. The summed E-state index contributed by atoms with van der Waals surface area (Å²) in [6.07, 6.45) is -5.16. The van der Waals surface area contributed by atoms with E-state index in [4.69, 9.17) is 5.11 Å². The molecule has 0 spiro atoms. The van der Waals surface area contributed by atoms with E-state index < -0.39 is 30.3 Å². The number of alkyl halides is 5. The third-order valence-electron chi connectivity index (χ3n) is 1.71. The largest absolute Gasteiger partial charge is 0.470 e. The number of rotatable bonds is 5. The second-order valence-electron chi connectivity index (χ2n) is 3.07. The fraction of sp³-hybridized carbons (Fsp3) is 0.625. The first kappa shape index (κ1) is 14.8. The Balaban J connectivity index is 5.12. The predicted molar refractivity (Wildman–Crippen MR) is 42.8 cm³/mol. The Morgan fingerprint density at radius 3 is 2.12 bits per heavy atom. The van der Waals surface area contributed by atoms with Crippen LogP contribution in [0.3, 0.4) is 0 Å². The van der Waals surface area contributed by atoms with E-state index in [2.05, 4.69) is 11.3 Å². The number of hydrogen-bond acceptors (Lipinski definition) is 3. The summed E-state index contributed by atoms with van der Waals surface area (Å²) in [6.45, 7) is 0.912. The fourth-order valence-electron chi connectivity index (χ4n) is 0.635. The molecule has 8 heteroatoms. The molecule has 0 saturated heterocycles. The topological polar surface area (TPSA) is 46.5 Å². The van der Waals surface area contributed by atoms with Crippen LogP contribution in [-0.2, 0) is 9.53 Å². The van der Waals surface area contributed by atoms with E-state index in [0.29, 0.717) is 0 Å². The molecule has 0 radical (unpaired) electrons. The highest BCUT2D eigenvalue weighted by Crippen LogP contribution is 2.45. The summed E-state index contributed by atoms with van der Waals surface area (Å²) in [4.78, 5) is 10.4. The fourth-order valence-corrected chi connectivity index (χ4v) is 0.635. The number of carbonyl (C=O) groups excluding carboxylic acids is 1. The van der Waals surface area contributed by atoms with Gasteiger partial charge in [-0.2, -0.15) is 17.6 Å². The van der Waals surface area contributed by atoms with Gasteiger partial charge in [0.15, 0.2) is 0 Å². The Morgan fingerprint density at radius 1 is 1.38 bits per heavy atom. The molecule has 0 fully saturated rings. The Bertz CT molecular complexity index is 287. The summed E-state index contributed by atoms with van der Waals surface area (Å²) >= 11 is 0. The lowest BCUT2D eigenvalue weighted by molar-refractivity contribution is -0.363. The van der Waals surface area contributed by atoms with Crippen molar-refractivity contribution >= 4 is 5.97 Å². The van der Waals surface area contributed by atoms with Crippen LogP contribution in [0.2, 0.25) is 0 Å². The summed E-state index contributed by atoms with van der Waals surface area (Å²) in [7, 11) is 0. The van der Waals surface area contributed by atoms with Crippen molar-refractivity contribution in [2.45, 2.75) is 24.6 Å². The molecule has 0 aliphatic rings. The summed E-state index contributed by atoms with van der Waals surface area (Å²) in [6, 6.07) is 0. The zero-order chi connectivity index (χ0) is 13.2. The van der Waals surface area contributed by atoms with Gasteiger partial charge in [0.05, 0.1) is 6.61 Å². The number of ether oxygens (including phenoxy) is 1. The average molecular weight is 248 g/mol. The number of hydrogen-bond donors (Lipinski definition) is 1. The third-order valence-corrected chi connectivity index (χ3v) is 1.71. The SMILES string of the molecule is C=CC(=O)OC(F)(F)C(F)(F)C(C)(F)CO. The molecule has 0 aliphatic heterocycles. The second kappa shape index (κ2) is 4.36. The van der Waals surface area contributed by atoms with Crippen LogP contribution in [-0.4, -0.2) is 35.4 Å². The normalized spacial score (nSPS) is 16.4. The molecule has 0 aliphatic carbocycles. The standard InChI is InChI=1S/C8H9F5O3/c1-3-5(15)16-8(12,13)7(10,11)6(2,9)4-14/h3,14H,1,4H2,2H3.